The van der Waals surface area contributed by atoms with E-state index in [1.807, 2.05) is 31.2 Å². The van der Waals surface area contributed by atoms with Crippen molar-refractivity contribution in [3.05, 3.63) is 53.6 Å². The maximum absolute atomic E-state index is 12.4. The first-order valence-corrected chi connectivity index (χ1v) is 11.8. The molecule has 0 atom stereocenters. The molecule has 0 bridgehead atoms. The second-order valence-electron chi connectivity index (χ2n) is 6.96. The number of sulfonamides is 1. The van der Waals surface area contributed by atoms with Gasteiger partial charge in [-0.3, -0.25) is 4.90 Å². The molecule has 1 heterocycles. The van der Waals surface area contributed by atoms with Crippen LogP contribution in [0.5, 0.6) is 5.75 Å². The molecular weight excluding hydrogens is 410 g/mol. The number of nitrogens with one attached hydrogen (secondary N) is 1. The van der Waals surface area contributed by atoms with E-state index in [4.69, 9.17) is 16.3 Å². The molecule has 0 aromatic heterocycles. The maximum Gasteiger partial charge on any atom is 0.240 e. The Balaban J connectivity index is 1.38. The molecule has 3 rings (SSSR count). The molecule has 8 heteroatoms. The quantitative estimate of drug-likeness (QED) is 0.610. The highest BCUT2D eigenvalue weighted by Crippen LogP contribution is 2.19. The lowest BCUT2D eigenvalue weighted by molar-refractivity contribution is 0.255. The Morgan fingerprint density at radius 1 is 1.00 bits per heavy atom. The lowest BCUT2D eigenvalue weighted by Crippen LogP contribution is -2.47. The minimum Gasteiger partial charge on any atom is -0.494 e. The van der Waals surface area contributed by atoms with Gasteiger partial charge in [0, 0.05) is 43.4 Å². The Bertz CT molecular complexity index is 865. The number of nitrogens with zero attached hydrogens (tertiary/aromatic N) is 2. The van der Waals surface area contributed by atoms with E-state index in [1.165, 1.54) is 5.69 Å². The molecule has 29 heavy (non-hydrogen) atoms. The summed E-state index contributed by atoms with van der Waals surface area (Å²) in [6.45, 7) is 7.59. The SMILES string of the molecule is CCOc1ccc(S(=O)(=O)NCCCN2CCN(c3ccc(Cl)cc3)CC2)cc1. The molecule has 1 fully saturated rings. The van der Waals surface area contributed by atoms with Crippen molar-refractivity contribution in [1.29, 1.82) is 0 Å². The van der Waals surface area contributed by atoms with Crippen LogP contribution in [0, 0.1) is 0 Å². The summed E-state index contributed by atoms with van der Waals surface area (Å²) >= 11 is 5.95. The molecule has 2 aromatic rings. The Kier molecular flexibility index (Phi) is 7.77. The van der Waals surface area contributed by atoms with Crippen molar-refractivity contribution in [2.45, 2.75) is 18.2 Å². The molecule has 1 saturated heterocycles. The van der Waals surface area contributed by atoms with Crippen LogP contribution in [0.1, 0.15) is 13.3 Å². The third kappa shape index (κ3) is 6.34. The van der Waals surface area contributed by atoms with E-state index in [1.54, 1.807) is 24.3 Å². The van der Waals surface area contributed by atoms with Gasteiger partial charge in [-0.1, -0.05) is 11.6 Å². The van der Waals surface area contributed by atoms with Crippen LogP contribution < -0.4 is 14.4 Å². The van der Waals surface area contributed by atoms with Crippen molar-refractivity contribution in [2.75, 3.05) is 50.8 Å². The van der Waals surface area contributed by atoms with E-state index >= 15 is 0 Å². The van der Waals surface area contributed by atoms with Crippen LogP contribution in [0.3, 0.4) is 0 Å². The van der Waals surface area contributed by atoms with E-state index in [9.17, 15) is 8.42 Å². The van der Waals surface area contributed by atoms with Crippen molar-refractivity contribution >= 4 is 27.3 Å². The van der Waals surface area contributed by atoms with Crippen molar-refractivity contribution in [2.24, 2.45) is 0 Å². The first-order chi connectivity index (χ1) is 14.0. The highest BCUT2D eigenvalue weighted by atomic mass is 35.5. The summed E-state index contributed by atoms with van der Waals surface area (Å²) < 4.78 is 32.8. The van der Waals surface area contributed by atoms with E-state index in [0.29, 0.717) is 18.9 Å². The van der Waals surface area contributed by atoms with Crippen LogP contribution >= 0.6 is 11.6 Å². The molecular formula is C21H28ClN3O3S. The number of piperazine rings is 1. The van der Waals surface area contributed by atoms with Gasteiger partial charge in [0.05, 0.1) is 11.5 Å². The molecule has 0 spiro atoms. The third-order valence-corrected chi connectivity index (χ3v) is 6.68. The molecule has 2 aromatic carbocycles. The van der Waals surface area contributed by atoms with Crippen molar-refractivity contribution in [3.63, 3.8) is 0 Å². The zero-order chi connectivity index (χ0) is 20.7. The van der Waals surface area contributed by atoms with Gasteiger partial charge in [-0.15, -0.1) is 0 Å². The van der Waals surface area contributed by atoms with Gasteiger partial charge in [0.1, 0.15) is 5.75 Å². The van der Waals surface area contributed by atoms with Gasteiger partial charge in [0.15, 0.2) is 0 Å². The van der Waals surface area contributed by atoms with Gasteiger partial charge < -0.3 is 9.64 Å². The van der Waals surface area contributed by atoms with E-state index < -0.39 is 10.0 Å². The summed E-state index contributed by atoms with van der Waals surface area (Å²) in [5, 5.41) is 0.750. The fraction of sp³-hybridized carbons (Fsp3) is 0.429. The zero-order valence-corrected chi connectivity index (χ0v) is 18.3. The Morgan fingerprint density at radius 3 is 2.28 bits per heavy atom. The molecule has 158 valence electrons. The van der Waals surface area contributed by atoms with E-state index in [2.05, 4.69) is 14.5 Å². The van der Waals surface area contributed by atoms with Crippen molar-refractivity contribution < 1.29 is 13.2 Å². The van der Waals surface area contributed by atoms with Gasteiger partial charge in [0.25, 0.3) is 0 Å². The number of rotatable bonds is 9. The summed E-state index contributed by atoms with van der Waals surface area (Å²) in [6.07, 6.45) is 0.775. The Morgan fingerprint density at radius 2 is 1.66 bits per heavy atom. The fourth-order valence-corrected chi connectivity index (χ4v) is 4.56. The number of benzene rings is 2. The summed E-state index contributed by atoms with van der Waals surface area (Å²) in [6, 6.07) is 14.4. The molecule has 1 aliphatic heterocycles. The zero-order valence-electron chi connectivity index (χ0n) is 16.7. The van der Waals surface area contributed by atoms with E-state index in [-0.39, 0.29) is 4.90 Å². The predicted octanol–water partition coefficient (Wildman–Crippen LogP) is 3.23. The average Bonchev–Trinajstić information content (AvgIpc) is 2.73. The minimum absolute atomic E-state index is 0.262. The summed E-state index contributed by atoms with van der Waals surface area (Å²) in [4.78, 5) is 4.98. The first kappa shape index (κ1) is 21.9. The van der Waals surface area contributed by atoms with Gasteiger partial charge >= 0.3 is 0 Å². The number of hydrogen-bond donors (Lipinski definition) is 1. The summed E-state index contributed by atoms with van der Waals surface area (Å²) in [7, 11) is -3.49. The lowest BCUT2D eigenvalue weighted by Gasteiger charge is -2.36. The molecule has 6 nitrogen and oxygen atoms in total. The first-order valence-electron chi connectivity index (χ1n) is 9.93. The minimum atomic E-state index is -3.49. The molecule has 0 aliphatic carbocycles. The molecule has 0 amide bonds. The van der Waals surface area contributed by atoms with Crippen LogP contribution in [-0.4, -0.2) is 59.2 Å². The van der Waals surface area contributed by atoms with Crippen LogP contribution in [-0.2, 0) is 10.0 Å². The van der Waals surface area contributed by atoms with Gasteiger partial charge in [0.2, 0.25) is 10.0 Å². The van der Waals surface area contributed by atoms with Crippen LogP contribution in [0.4, 0.5) is 5.69 Å². The summed E-state index contributed by atoms with van der Waals surface area (Å²) in [5.41, 5.74) is 1.19. The smallest absolute Gasteiger partial charge is 0.240 e. The predicted molar refractivity (Wildman–Crippen MR) is 118 cm³/mol. The van der Waals surface area contributed by atoms with Crippen LogP contribution in [0.2, 0.25) is 5.02 Å². The fourth-order valence-electron chi connectivity index (χ4n) is 3.36. The number of halogens is 1. The molecule has 1 N–H and O–H groups in total. The average molecular weight is 438 g/mol. The van der Waals surface area contributed by atoms with E-state index in [0.717, 1.165) is 44.2 Å². The Hall–Kier alpha value is -1.80. The Labute approximate surface area is 178 Å². The normalized spacial score (nSPS) is 15.4. The highest BCUT2D eigenvalue weighted by molar-refractivity contribution is 7.89. The summed E-state index contributed by atoms with van der Waals surface area (Å²) in [5.74, 6) is 0.671. The highest BCUT2D eigenvalue weighted by Gasteiger charge is 2.18. The van der Waals surface area contributed by atoms with Gasteiger partial charge in [-0.2, -0.15) is 0 Å². The number of ether oxygens (including phenoxy) is 1. The lowest BCUT2D eigenvalue weighted by atomic mass is 10.2. The standard InChI is InChI=1S/C21H28ClN3O3S/c1-2-28-20-8-10-21(11-9-20)29(26,27)23-12-3-13-24-14-16-25(17-15-24)19-6-4-18(22)5-7-19/h4-11,23H,2-3,12-17H2,1H3. The van der Waals surface area contributed by atoms with Crippen LogP contribution in [0.15, 0.2) is 53.4 Å². The largest absolute Gasteiger partial charge is 0.494 e. The van der Waals surface area contributed by atoms with Crippen molar-refractivity contribution in [1.82, 2.24) is 9.62 Å². The topological polar surface area (TPSA) is 61.9 Å². The molecule has 0 radical (unpaired) electrons. The van der Waals surface area contributed by atoms with Crippen molar-refractivity contribution in [3.8, 4) is 5.75 Å². The second-order valence-corrected chi connectivity index (χ2v) is 9.16. The molecule has 0 unspecified atom stereocenters. The van der Waals surface area contributed by atoms with Gasteiger partial charge in [-0.25, -0.2) is 13.1 Å². The molecule has 0 saturated carbocycles. The van der Waals surface area contributed by atoms with Gasteiger partial charge in [-0.05, 0) is 68.4 Å². The van der Waals surface area contributed by atoms with Crippen LogP contribution in [0.25, 0.3) is 0 Å². The number of hydrogen-bond acceptors (Lipinski definition) is 5. The second kappa shape index (κ2) is 10.3. The maximum atomic E-state index is 12.4. The third-order valence-electron chi connectivity index (χ3n) is 4.95. The number of anilines is 1. The molecule has 1 aliphatic rings. The monoisotopic (exact) mass is 437 g/mol.